The number of unbranched alkanes of at least 4 members (excludes halogenated alkanes) is 4. The lowest BCUT2D eigenvalue weighted by atomic mass is 10.0. The fourth-order valence-electron chi connectivity index (χ4n) is 4.59. The van der Waals surface area contributed by atoms with Gasteiger partial charge in [0.2, 0.25) is 0 Å². The smallest absolute Gasteiger partial charge is 0.119 e. The molecule has 0 spiro atoms. The third-order valence-electron chi connectivity index (χ3n) is 7.17. The summed E-state index contributed by atoms with van der Waals surface area (Å²) in [6.07, 6.45) is 9.21. The van der Waals surface area contributed by atoms with E-state index in [1.165, 1.54) is 11.1 Å². The summed E-state index contributed by atoms with van der Waals surface area (Å²) in [6, 6.07) is 36.4. The van der Waals surface area contributed by atoms with E-state index in [0.29, 0.717) is 24.4 Å². The quantitative estimate of drug-likeness (QED) is 0.0865. The Labute approximate surface area is 256 Å². The summed E-state index contributed by atoms with van der Waals surface area (Å²) in [6.45, 7) is 5.46. The summed E-state index contributed by atoms with van der Waals surface area (Å²) >= 11 is 0. The predicted molar refractivity (Wildman–Crippen MR) is 176 cm³/mol. The second kappa shape index (κ2) is 16.4. The maximum atomic E-state index is 9.57. The standard InChI is InChI=1S/C39H38N2O2/c1-30-8-16-34(17-9-30)36(28-40)26-32-12-20-38(21-13-32)42-24-6-4-3-5-7-25-43-39-22-14-33(15-23-39)27-37(29-41)35-18-10-31(2)11-19-35/h8-23,26-27H,3-7,24-25H2,1-2H3/b36-26-,37-27+. The molecule has 0 aromatic heterocycles. The van der Waals surface area contributed by atoms with E-state index >= 15 is 0 Å². The maximum Gasteiger partial charge on any atom is 0.119 e. The van der Waals surface area contributed by atoms with Gasteiger partial charge in [-0.15, -0.1) is 0 Å². The van der Waals surface area contributed by atoms with E-state index in [1.54, 1.807) is 0 Å². The highest BCUT2D eigenvalue weighted by atomic mass is 16.5. The minimum Gasteiger partial charge on any atom is -0.494 e. The van der Waals surface area contributed by atoms with Crippen LogP contribution in [0.25, 0.3) is 23.3 Å². The van der Waals surface area contributed by atoms with E-state index in [9.17, 15) is 10.5 Å². The monoisotopic (exact) mass is 566 g/mol. The van der Waals surface area contributed by atoms with Crippen LogP contribution in [-0.4, -0.2) is 13.2 Å². The number of ether oxygens (including phenoxy) is 2. The third-order valence-corrected chi connectivity index (χ3v) is 7.17. The molecule has 0 heterocycles. The van der Waals surface area contributed by atoms with Gasteiger partial charge in [-0.3, -0.25) is 0 Å². The lowest BCUT2D eigenvalue weighted by Gasteiger charge is -2.08. The van der Waals surface area contributed by atoms with Crippen LogP contribution in [-0.2, 0) is 0 Å². The van der Waals surface area contributed by atoms with Crippen LogP contribution >= 0.6 is 0 Å². The first-order valence-corrected chi connectivity index (χ1v) is 14.9. The first kappa shape index (κ1) is 30.9. The van der Waals surface area contributed by atoms with Crippen molar-refractivity contribution in [3.63, 3.8) is 0 Å². The van der Waals surface area contributed by atoms with Crippen LogP contribution in [0.5, 0.6) is 11.5 Å². The normalized spacial score (nSPS) is 11.4. The second-order valence-corrected chi connectivity index (χ2v) is 10.7. The maximum absolute atomic E-state index is 9.57. The van der Waals surface area contributed by atoms with Gasteiger partial charge in [0.05, 0.1) is 36.5 Å². The van der Waals surface area contributed by atoms with Crippen LogP contribution in [0.4, 0.5) is 0 Å². The minimum atomic E-state index is 0.647. The van der Waals surface area contributed by atoms with Gasteiger partial charge in [-0.1, -0.05) is 103 Å². The van der Waals surface area contributed by atoms with E-state index < -0.39 is 0 Å². The lowest BCUT2D eigenvalue weighted by Crippen LogP contribution is -1.99. The second-order valence-electron chi connectivity index (χ2n) is 10.7. The van der Waals surface area contributed by atoms with Crippen LogP contribution < -0.4 is 9.47 Å². The Kier molecular flexibility index (Phi) is 11.8. The van der Waals surface area contributed by atoms with Crippen LogP contribution in [0.2, 0.25) is 0 Å². The molecule has 0 unspecified atom stereocenters. The van der Waals surface area contributed by atoms with E-state index in [4.69, 9.17) is 9.47 Å². The molecule has 0 saturated heterocycles. The molecule has 0 aliphatic heterocycles. The summed E-state index contributed by atoms with van der Waals surface area (Å²) in [5.41, 5.74) is 7.45. The summed E-state index contributed by atoms with van der Waals surface area (Å²) in [7, 11) is 0. The van der Waals surface area contributed by atoms with Crippen molar-refractivity contribution in [1.29, 1.82) is 10.5 Å². The molecule has 0 fully saturated rings. The number of nitrogens with zero attached hydrogens (tertiary/aromatic N) is 2. The Bertz CT molecular complexity index is 1460. The van der Waals surface area contributed by atoms with E-state index in [0.717, 1.165) is 65.9 Å². The summed E-state index contributed by atoms with van der Waals surface area (Å²) in [5, 5.41) is 19.1. The van der Waals surface area contributed by atoms with Gasteiger partial charge in [-0.25, -0.2) is 0 Å². The zero-order valence-corrected chi connectivity index (χ0v) is 25.1. The molecular formula is C39H38N2O2. The van der Waals surface area contributed by atoms with E-state index in [2.05, 4.69) is 12.1 Å². The van der Waals surface area contributed by atoms with Gasteiger partial charge < -0.3 is 9.47 Å². The summed E-state index contributed by atoms with van der Waals surface area (Å²) in [4.78, 5) is 0. The van der Waals surface area contributed by atoms with Crippen LogP contribution in [0, 0.1) is 36.5 Å². The Morgan fingerprint density at radius 1 is 0.512 bits per heavy atom. The van der Waals surface area contributed by atoms with Crippen molar-refractivity contribution in [1.82, 2.24) is 0 Å². The number of nitriles is 2. The van der Waals surface area contributed by atoms with Gasteiger partial charge in [-0.2, -0.15) is 10.5 Å². The molecular weight excluding hydrogens is 528 g/mol. The molecule has 4 heteroatoms. The number of aryl methyl sites for hydroxylation is 2. The molecule has 4 aromatic carbocycles. The van der Waals surface area contributed by atoms with Gasteiger partial charge >= 0.3 is 0 Å². The highest BCUT2D eigenvalue weighted by Crippen LogP contribution is 2.22. The summed E-state index contributed by atoms with van der Waals surface area (Å²) < 4.78 is 11.8. The molecule has 216 valence electrons. The van der Waals surface area contributed by atoms with Crippen molar-refractivity contribution in [3.05, 3.63) is 130 Å². The molecule has 43 heavy (non-hydrogen) atoms. The fourth-order valence-corrected chi connectivity index (χ4v) is 4.59. The average Bonchev–Trinajstić information content (AvgIpc) is 3.04. The van der Waals surface area contributed by atoms with Gasteiger partial charge in [0, 0.05) is 0 Å². The van der Waals surface area contributed by atoms with E-state index in [-0.39, 0.29) is 0 Å². The Balaban J connectivity index is 1.09. The molecule has 0 aliphatic rings. The average molecular weight is 567 g/mol. The van der Waals surface area contributed by atoms with Gasteiger partial charge in [0.1, 0.15) is 11.5 Å². The third kappa shape index (κ3) is 10.1. The Morgan fingerprint density at radius 3 is 1.21 bits per heavy atom. The first-order valence-electron chi connectivity index (χ1n) is 14.9. The van der Waals surface area contributed by atoms with Crippen LogP contribution in [0.15, 0.2) is 97.1 Å². The van der Waals surface area contributed by atoms with Crippen molar-refractivity contribution in [2.24, 2.45) is 0 Å². The molecule has 4 aromatic rings. The molecule has 0 amide bonds. The molecule has 0 atom stereocenters. The topological polar surface area (TPSA) is 66.0 Å². The van der Waals surface area contributed by atoms with Crippen molar-refractivity contribution >= 4 is 23.3 Å². The molecule has 0 N–H and O–H groups in total. The first-order chi connectivity index (χ1) is 21.0. The highest BCUT2D eigenvalue weighted by molar-refractivity contribution is 5.90. The zero-order valence-electron chi connectivity index (χ0n) is 25.1. The SMILES string of the molecule is Cc1ccc(/C(C#N)=C/c2ccc(OCCCCCCCOc3ccc(/C=C(/C#N)c4ccc(C)cc4)cc3)cc2)cc1. The molecule has 0 saturated carbocycles. The molecule has 4 nitrogen and oxygen atoms in total. The van der Waals surface area contributed by atoms with Crippen molar-refractivity contribution in [3.8, 4) is 23.6 Å². The highest BCUT2D eigenvalue weighted by Gasteiger charge is 2.03. The fraction of sp³-hybridized carbons (Fsp3) is 0.231. The van der Waals surface area contributed by atoms with Crippen LogP contribution in [0.1, 0.15) is 65.5 Å². The number of rotatable bonds is 14. The lowest BCUT2D eigenvalue weighted by molar-refractivity contribution is 0.293. The Hall–Kier alpha value is -5.06. The number of hydrogen-bond donors (Lipinski definition) is 0. The molecule has 0 radical (unpaired) electrons. The van der Waals surface area contributed by atoms with Crippen LogP contribution in [0.3, 0.4) is 0 Å². The molecule has 0 bridgehead atoms. The number of benzene rings is 4. The van der Waals surface area contributed by atoms with E-state index in [1.807, 2.05) is 123 Å². The van der Waals surface area contributed by atoms with Gasteiger partial charge in [0.15, 0.2) is 0 Å². The zero-order chi connectivity index (χ0) is 30.3. The van der Waals surface area contributed by atoms with Gasteiger partial charge in [-0.05, 0) is 85.4 Å². The van der Waals surface area contributed by atoms with Crippen molar-refractivity contribution in [2.45, 2.75) is 46.0 Å². The minimum absolute atomic E-state index is 0.647. The summed E-state index contributed by atoms with van der Waals surface area (Å²) in [5.74, 6) is 1.69. The largest absolute Gasteiger partial charge is 0.494 e. The van der Waals surface area contributed by atoms with Gasteiger partial charge in [0.25, 0.3) is 0 Å². The van der Waals surface area contributed by atoms with Crippen molar-refractivity contribution < 1.29 is 9.47 Å². The van der Waals surface area contributed by atoms with Crippen molar-refractivity contribution in [2.75, 3.05) is 13.2 Å². The molecule has 4 rings (SSSR count). The molecule has 0 aliphatic carbocycles. The Morgan fingerprint density at radius 2 is 0.860 bits per heavy atom. The number of allylic oxidation sites excluding steroid dienone is 2. The number of hydrogen-bond acceptors (Lipinski definition) is 4. The predicted octanol–water partition coefficient (Wildman–Crippen LogP) is 9.84.